The molecule has 0 spiro atoms. The summed E-state index contributed by atoms with van der Waals surface area (Å²) in [5, 5.41) is 12.8. The van der Waals surface area contributed by atoms with Crippen LogP contribution in [0.25, 0.3) is 0 Å². The Morgan fingerprint density at radius 2 is 1.90 bits per heavy atom. The van der Waals surface area contributed by atoms with Crippen molar-refractivity contribution < 1.29 is 9.53 Å². The lowest BCUT2D eigenvalue weighted by Gasteiger charge is -2.10. The normalized spacial score (nSPS) is 10.6. The Labute approximate surface area is 193 Å². The van der Waals surface area contributed by atoms with Gasteiger partial charge in [0.15, 0.2) is 11.0 Å². The Bertz CT molecular complexity index is 1060. The van der Waals surface area contributed by atoms with Crippen molar-refractivity contribution in [1.82, 2.24) is 14.8 Å². The molecule has 0 saturated carbocycles. The number of nitrogens with one attached hydrogen (secondary N) is 1. The van der Waals surface area contributed by atoms with Crippen molar-refractivity contribution in [3.05, 3.63) is 76.0 Å². The van der Waals surface area contributed by atoms with E-state index in [4.69, 9.17) is 39.5 Å². The minimum Gasteiger partial charge on any atom is -0.484 e. The number of amides is 1. The Morgan fingerprint density at radius 3 is 2.67 bits per heavy atom. The Balaban J connectivity index is 1.64. The third-order valence-electron chi connectivity index (χ3n) is 3.86. The van der Waals surface area contributed by atoms with Gasteiger partial charge in [0.1, 0.15) is 12.4 Å². The lowest BCUT2D eigenvalue weighted by atomic mass is 10.3. The highest BCUT2D eigenvalue weighted by molar-refractivity contribution is 7.99. The van der Waals surface area contributed by atoms with Gasteiger partial charge in [-0.15, -0.1) is 16.8 Å². The molecule has 0 fully saturated rings. The van der Waals surface area contributed by atoms with Crippen LogP contribution in [0.5, 0.6) is 5.75 Å². The monoisotopic (exact) mass is 482 g/mol. The summed E-state index contributed by atoms with van der Waals surface area (Å²) in [7, 11) is 0. The molecule has 10 heteroatoms. The molecule has 0 bridgehead atoms. The standard InChI is InChI=1S/C20H17Cl3N4O2S/c1-2-10-27-17(11-29-16-9-4-3-6-13(16)21)25-26-20(27)30-12-18(28)24-15-8-5-7-14(22)19(15)23/h2-9H,1,10-12H2,(H,24,28). The van der Waals surface area contributed by atoms with Crippen LogP contribution in [0.15, 0.2) is 60.3 Å². The van der Waals surface area contributed by atoms with Gasteiger partial charge >= 0.3 is 0 Å². The van der Waals surface area contributed by atoms with Crippen molar-refractivity contribution in [1.29, 1.82) is 0 Å². The summed E-state index contributed by atoms with van der Waals surface area (Å²) in [6.45, 7) is 4.41. The number of rotatable bonds is 9. The van der Waals surface area contributed by atoms with Crippen LogP contribution in [0.3, 0.4) is 0 Å². The highest BCUT2D eigenvalue weighted by Gasteiger charge is 2.15. The second-order valence-corrected chi connectivity index (χ2v) is 8.09. The molecule has 2 aromatic carbocycles. The number of hydrogen-bond donors (Lipinski definition) is 1. The summed E-state index contributed by atoms with van der Waals surface area (Å²) in [6.07, 6.45) is 1.72. The number of para-hydroxylation sites is 1. The fourth-order valence-corrected chi connectivity index (χ4v) is 3.77. The van der Waals surface area contributed by atoms with Crippen LogP contribution in [0.2, 0.25) is 15.1 Å². The number of benzene rings is 2. The minimum atomic E-state index is -0.244. The summed E-state index contributed by atoms with van der Waals surface area (Å²) < 4.78 is 7.57. The zero-order chi connectivity index (χ0) is 21.5. The Morgan fingerprint density at radius 1 is 1.13 bits per heavy atom. The maximum atomic E-state index is 12.3. The van der Waals surface area contributed by atoms with E-state index in [2.05, 4.69) is 22.1 Å². The van der Waals surface area contributed by atoms with Gasteiger partial charge in [0.05, 0.1) is 26.5 Å². The molecule has 3 rings (SSSR count). The van der Waals surface area contributed by atoms with Crippen LogP contribution in [0.1, 0.15) is 5.82 Å². The number of carbonyl (C=O) groups is 1. The lowest BCUT2D eigenvalue weighted by Crippen LogP contribution is -2.15. The van der Waals surface area contributed by atoms with Gasteiger partial charge in [-0.05, 0) is 24.3 Å². The fraction of sp³-hybridized carbons (Fsp3) is 0.150. The fourth-order valence-electron chi connectivity index (χ4n) is 2.47. The van der Waals surface area contributed by atoms with Crippen molar-refractivity contribution in [3.8, 4) is 5.75 Å². The molecule has 3 aromatic rings. The van der Waals surface area contributed by atoms with Gasteiger partial charge in [-0.1, -0.05) is 70.8 Å². The maximum absolute atomic E-state index is 12.3. The van der Waals surface area contributed by atoms with E-state index in [1.54, 1.807) is 36.4 Å². The molecule has 1 aromatic heterocycles. The quantitative estimate of drug-likeness (QED) is 0.311. The van der Waals surface area contributed by atoms with Gasteiger partial charge in [-0.3, -0.25) is 9.36 Å². The first-order chi connectivity index (χ1) is 14.5. The van der Waals surface area contributed by atoms with Crippen molar-refractivity contribution in [2.24, 2.45) is 0 Å². The van der Waals surface area contributed by atoms with Crippen molar-refractivity contribution in [2.45, 2.75) is 18.3 Å². The molecule has 30 heavy (non-hydrogen) atoms. The van der Waals surface area contributed by atoms with E-state index >= 15 is 0 Å². The van der Waals surface area contributed by atoms with Crippen LogP contribution in [0, 0.1) is 0 Å². The van der Waals surface area contributed by atoms with Crippen LogP contribution in [-0.4, -0.2) is 26.4 Å². The summed E-state index contributed by atoms with van der Waals surface area (Å²) in [6, 6.07) is 12.2. The van der Waals surface area contributed by atoms with E-state index < -0.39 is 0 Å². The number of aromatic nitrogens is 3. The van der Waals surface area contributed by atoms with E-state index in [1.165, 1.54) is 11.8 Å². The number of halogens is 3. The highest BCUT2D eigenvalue weighted by Crippen LogP contribution is 2.30. The zero-order valence-electron chi connectivity index (χ0n) is 15.6. The number of thioether (sulfide) groups is 1. The molecule has 0 aliphatic heterocycles. The average Bonchev–Trinajstić information content (AvgIpc) is 3.11. The predicted octanol–water partition coefficient (Wildman–Crippen LogP) is 5.73. The SMILES string of the molecule is C=CCn1c(COc2ccccc2Cl)nnc1SCC(=O)Nc1cccc(Cl)c1Cl. The number of allylic oxidation sites excluding steroid dienone is 1. The minimum absolute atomic E-state index is 0.115. The van der Waals surface area contributed by atoms with E-state index in [9.17, 15) is 4.79 Å². The van der Waals surface area contributed by atoms with E-state index in [0.29, 0.717) is 44.0 Å². The second-order valence-electron chi connectivity index (χ2n) is 5.96. The molecule has 0 saturated heterocycles. The van der Waals surface area contributed by atoms with E-state index in [-0.39, 0.29) is 18.3 Å². The van der Waals surface area contributed by atoms with Crippen LogP contribution >= 0.6 is 46.6 Å². The first-order valence-electron chi connectivity index (χ1n) is 8.76. The van der Waals surface area contributed by atoms with Crippen molar-refractivity contribution in [2.75, 3.05) is 11.1 Å². The average molecular weight is 484 g/mol. The number of hydrogen-bond acceptors (Lipinski definition) is 5. The number of ether oxygens (including phenoxy) is 1. The predicted molar refractivity (Wildman–Crippen MR) is 122 cm³/mol. The van der Waals surface area contributed by atoms with E-state index in [0.717, 1.165) is 0 Å². The molecule has 0 radical (unpaired) electrons. The molecule has 0 aliphatic rings. The molecule has 0 atom stereocenters. The molecule has 1 amide bonds. The lowest BCUT2D eigenvalue weighted by molar-refractivity contribution is -0.113. The van der Waals surface area contributed by atoms with Crippen LogP contribution in [-0.2, 0) is 17.9 Å². The number of carbonyl (C=O) groups excluding carboxylic acids is 1. The third-order valence-corrected chi connectivity index (χ3v) is 5.95. The summed E-state index contributed by atoms with van der Waals surface area (Å²) in [5.74, 6) is 1.02. The molecule has 1 heterocycles. The molecule has 0 unspecified atom stereocenters. The molecule has 0 aliphatic carbocycles. The second kappa shape index (κ2) is 10.7. The first-order valence-corrected chi connectivity index (χ1v) is 10.9. The third kappa shape index (κ3) is 5.70. The van der Waals surface area contributed by atoms with Gasteiger partial charge < -0.3 is 10.1 Å². The number of anilines is 1. The topological polar surface area (TPSA) is 69.0 Å². The highest BCUT2D eigenvalue weighted by atomic mass is 35.5. The summed E-state index contributed by atoms with van der Waals surface area (Å²) in [5.41, 5.74) is 0.455. The van der Waals surface area contributed by atoms with Gasteiger partial charge in [0.2, 0.25) is 5.91 Å². The summed E-state index contributed by atoms with van der Waals surface area (Å²) in [4.78, 5) is 12.3. The smallest absolute Gasteiger partial charge is 0.234 e. The molecule has 156 valence electrons. The largest absolute Gasteiger partial charge is 0.484 e. The van der Waals surface area contributed by atoms with Gasteiger partial charge in [0.25, 0.3) is 0 Å². The molecular weight excluding hydrogens is 467 g/mol. The first kappa shape index (κ1) is 22.5. The van der Waals surface area contributed by atoms with Crippen LogP contribution < -0.4 is 10.1 Å². The van der Waals surface area contributed by atoms with E-state index in [1.807, 2.05) is 16.7 Å². The Kier molecular flexibility index (Phi) is 8.04. The molecular formula is C20H17Cl3N4O2S. The molecule has 1 N–H and O–H groups in total. The van der Waals surface area contributed by atoms with Crippen molar-refractivity contribution >= 4 is 58.2 Å². The summed E-state index contributed by atoms with van der Waals surface area (Å²) >= 11 is 19.4. The van der Waals surface area contributed by atoms with Crippen LogP contribution in [0.4, 0.5) is 5.69 Å². The Hall–Kier alpha value is -2.19. The van der Waals surface area contributed by atoms with Crippen molar-refractivity contribution in [3.63, 3.8) is 0 Å². The van der Waals surface area contributed by atoms with Gasteiger partial charge in [-0.2, -0.15) is 0 Å². The zero-order valence-corrected chi connectivity index (χ0v) is 18.7. The number of nitrogens with zero attached hydrogens (tertiary/aromatic N) is 3. The maximum Gasteiger partial charge on any atom is 0.234 e. The molecule has 6 nitrogen and oxygen atoms in total. The van der Waals surface area contributed by atoms with Gasteiger partial charge in [0, 0.05) is 6.54 Å². The van der Waals surface area contributed by atoms with Gasteiger partial charge in [-0.25, -0.2) is 0 Å².